The molecule has 4 nitrogen and oxygen atoms in total. The van der Waals surface area contributed by atoms with E-state index in [2.05, 4.69) is 6.92 Å². The van der Waals surface area contributed by atoms with Gasteiger partial charge in [0.05, 0.1) is 37.9 Å². The number of halogens is 3. The molecule has 0 spiro atoms. The second-order valence-corrected chi connectivity index (χ2v) is 7.28. The molecule has 0 bridgehead atoms. The Balaban J connectivity index is 1.37. The molecule has 0 aromatic heterocycles. The van der Waals surface area contributed by atoms with Crippen LogP contribution in [0.1, 0.15) is 37.3 Å². The summed E-state index contributed by atoms with van der Waals surface area (Å²) in [6.45, 7) is 4.58. The maximum absolute atomic E-state index is 12.6. The fourth-order valence-electron chi connectivity index (χ4n) is 3.43. The van der Waals surface area contributed by atoms with Crippen LogP contribution in [0.3, 0.4) is 0 Å². The maximum atomic E-state index is 12.6. The van der Waals surface area contributed by atoms with Crippen LogP contribution in [0.2, 0.25) is 0 Å². The molecule has 0 amide bonds. The van der Waals surface area contributed by atoms with Crippen LogP contribution < -0.4 is 0 Å². The summed E-state index contributed by atoms with van der Waals surface area (Å²) in [6, 6.07) is 5.23. The molecule has 0 atom stereocenters. The Hall–Kier alpha value is -1.15. The van der Waals surface area contributed by atoms with Crippen molar-refractivity contribution in [3.05, 3.63) is 35.4 Å². The van der Waals surface area contributed by atoms with Crippen LogP contribution >= 0.6 is 0 Å². The van der Waals surface area contributed by atoms with Crippen molar-refractivity contribution in [1.82, 2.24) is 0 Å². The van der Waals surface area contributed by atoms with Gasteiger partial charge in [-0.05, 0) is 30.5 Å². The van der Waals surface area contributed by atoms with E-state index in [9.17, 15) is 13.2 Å². The highest BCUT2D eigenvalue weighted by Crippen LogP contribution is 2.29. The first kappa shape index (κ1) is 20.6. The Morgan fingerprint density at radius 1 is 0.889 bits per heavy atom. The van der Waals surface area contributed by atoms with Crippen molar-refractivity contribution in [3.8, 4) is 0 Å². The van der Waals surface area contributed by atoms with Crippen molar-refractivity contribution in [3.63, 3.8) is 0 Å². The number of benzene rings is 1. The Bertz CT molecular complexity index is 560. The second-order valence-electron chi connectivity index (χ2n) is 7.28. The van der Waals surface area contributed by atoms with Gasteiger partial charge < -0.3 is 18.9 Å². The van der Waals surface area contributed by atoms with Crippen molar-refractivity contribution in [2.45, 2.75) is 51.4 Å². The Labute approximate surface area is 157 Å². The number of ether oxygens (including phenoxy) is 4. The first-order valence-electron chi connectivity index (χ1n) is 9.58. The summed E-state index contributed by atoms with van der Waals surface area (Å²) >= 11 is 0. The average molecular weight is 388 g/mol. The lowest BCUT2D eigenvalue weighted by Gasteiger charge is -2.37. The third-order valence-corrected chi connectivity index (χ3v) is 5.02. The molecule has 2 aliphatic heterocycles. The Morgan fingerprint density at radius 2 is 1.52 bits per heavy atom. The van der Waals surface area contributed by atoms with E-state index in [-0.39, 0.29) is 18.5 Å². The van der Waals surface area contributed by atoms with Gasteiger partial charge in [-0.3, -0.25) is 0 Å². The molecule has 2 heterocycles. The van der Waals surface area contributed by atoms with Crippen LogP contribution in [0.4, 0.5) is 13.2 Å². The number of hydrogen-bond acceptors (Lipinski definition) is 4. The van der Waals surface area contributed by atoms with Crippen LogP contribution in [0.15, 0.2) is 24.3 Å². The summed E-state index contributed by atoms with van der Waals surface area (Å²) in [5.41, 5.74) is 0.200. The minimum Gasteiger partial charge on any atom is -0.352 e. The zero-order valence-electron chi connectivity index (χ0n) is 15.5. The minimum atomic E-state index is -4.30. The number of alkyl halides is 3. The zero-order chi connectivity index (χ0) is 19.3. The fraction of sp³-hybridized carbons (Fsp3) is 0.700. The second kappa shape index (κ2) is 9.37. The molecule has 0 aliphatic carbocycles. The van der Waals surface area contributed by atoms with Gasteiger partial charge in [-0.1, -0.05) is 25.5 Å². The van der Waals surface area contributed by atoms with Gasteiger partial charge in [-0.2, -0.15) is 13.2 Å². The molecule has 152 valence electrons. The maximum Gasteiger partial charge on any atom is 0.416 e. The van der Waals surface area contributed by atoms with Crippen molar-refractivity contribution in [2.24, 2.45) is 11.8 Å². The van der Waals surface area contributed by atoms with E-state index in [0.29, 0.717) is 45.2 Å². The lowest BCUT2D eigenvalue weighted by atomic mass is 10.0. The van der Waals surface area contributed by atoms with Gasteiger partial charge in [0.15, 0.2) is 12.6 Å². The largest absolute Gasteiger partial charge is 0.416 e. The molecule has 1 aromatic carbocycles. The quantitative estimate of drug-likeness (QED) is 0.723. The number of aryl methyl sites for hydroxylation is 1. The van der Waals surface area contributed by atoms with Crippen molar-refractivity contribution in [1.29, 1.82) is 0 Å². The van der Waals surface area contributed by atoms with Crippen molar-refractivity contribution < 1.29 is 32.1 Å². The van der Waals surface area contributed by atoms with Crippen LogP contribution in [0.25, 0.3) is 0 Å². The van der Waals surface area contributed by atoms with Gasteiger partial charge in [-0.15, -0.1) is 0 Å². The normalized spacial score (nSPS) is 29.6. The SMILES string of the molecule is CCCC1COC(C2COC(CCc3ccc(C(F)(F)F)cc3)OC2)OC1. The standard InChI is InChI=1S/C20H27F3O4/c1-2-3-15-10-26-19(27-11-15)16-12-24-18(25-13-16)9-6-14-4-7-17(8-5-14)20(21,22)23/h4-5,7-8,15-16,18-19H,2-3,6,9-13H2,1H3. The Kier molecular flexibility index (Phi) is 7.14. The summed E-state index contributed by atoms with van der Waals surface area (Å²) in [7, 11) is 0. The highest BCUT2D eigenvalue weighted by Gasteiger charge is 2.33. The molecule has 0 unspecified atom stereocenters. The lowest BCUT2D eigenvalue weighted by Crippen LogP contribution is -2.44. The van der Waals surface area contributed by atoms with E-state index in [1.165, 1.54) is 12.1 Å². The van der Waals surface area contributed by atoms with Crippen LogP contribution in [0, 0.1) is 11.8 Å². The summed E-state index contributed by atoms with van der Waals surface area (Å²) < 4.78 is 60.9. The Morgan fingerprint density at radius 3 is 2.07 bits per heavy atom. The third kappa shape index (κ3) is 5.91. The molecule has 7 heteroatoms. The highest BCUT2D eigenvalue weighted by molar-refractivity contribution is 5.24. The predicted molar refractivity (Wildman–Crippen MR) is 93.0 cm³/mol. The van der Waals surface area contributed by atoms with Gasteiger partial charge in [-0.25, -0.2) is 0 Å². The van der Waals surface area contributed by atoms with Gasteiger partial charge in [0.1, 0.15) is 0 Å². The monoisotopic (exact) mass is 388 g/mol. The smallest absolute Gasteiger partial charge is 0.352 e. The molecule has 2 aliphatic rings. The predicted octanol–water partition coefficient (Wildman–Crippen LogP) is 4.42. The molecular weight excluding hydrogens is 361 g/mol. The fourth-order valence-corrected chi connectivity index (χ4v) is 3.43. The van der Waals surface area contributed by atoms with E-state index in [1.807, 2.05) is 0 Å². The average Bonchev–Trinajstić information content (AvgIpc) is 2.67. The topological polar surface area (TPSA) is 36.9 Å². The first-order valence-corrected chi connectivity index (χ1v) is 9.58. The molecule has 2 saturated heterocycles. The molecule has 1 aromatic rings. The van der Waals surface area contributed by atoms with E-state index >= 15 is 0 Å². The van der Waals surface area contributed by atoms with Gasteiger partial charge in [0, 0.05) is 12.3 Å². The van der Waals surface area contributed by atoms with Crippen LogP contribution in [0.5, 0.6) is 0 Å². The highest BCUT2D eigenvalue weighted by atomic mass is 19.4. The summed E-state index contributed by atoms with van der Waals surface area (Å²) in [5.74, 6) is 0.517. The van der Waals surface area contributed by atoms with E-state index in [0.717, 1.165) is 30.5 Å². The molecular formula is C20H27F3O4. The van der Waals surface area contributed by atoms with E-state index in [1.54, 1.807) is 0 Å². The van der Waals surface area contributed by atoms with Gasteiger partial charge >= 0.3 is 6.18 Å². The van der Waals surface area contributed by atoms with E-state index in [4.69, 9.17) is 18.9 Å². The summed E-state index contributed by atoms with van der Waals surface area (Å²) in [4.78, 5) is 0. The third-order valence-electron chi connectivity index (χ3n) is 5.02. The molecule has 27 heavy (non-hydrogen) atoms. The van der Waals surface area contributed by atoms with Gasteiger partial charge in [0.2, 0.25) is 0 Å². The molecule has 0 saturated carbocycles. The molecule has 0 radical (unpaired) electrons. The first-order chi connectivity index (χ1) is 13.0. The molecule has 3 rings (SSSR count). The van der Waals surface area contributed by atoms with Crippen LogP contribution in [-0.2, 0) is 31.5 Å². The van der Waals surface area contributed by atoms with Gasteiger partial charge in [0.25, 0.3) is 0 Å². The van der Waals surface area contributed by atoms with Crippen LogP contribution in [-0.4, -0.2) is 39.0 Å². The number of rotatable bonds is 6. The summed E-state index contributed by atoms with van der Waals surface area (Å²) in [6.07, 6.45) is -1.50. The molecule has 0 N–H and O–H groups in total. The van der Waals surface area contributed by atoms with Crippen molar-refractivity contribution >= 4 is 0 Å². The lowest BCUT2D eigenvalue weighted by molar-refractivity contribution is -0.281. The number of hydrogen-bond donors (Lipinski definition) is 0. The van der Waals surface area contributed by atoms with E-state index < -0.39 is 11.7 Å². The molecule has 2 fully saturated rings. The minimum absolute atomic E-state index is 0.0508. The van der Waals surface area contributed by atoms with Crippen molar-refractivity contribution in [2.75, 3.05) is 26.4 Å². The zero-order valence-corrected chi connectivity index (χ0v) is 15.5. The summed E-state index contributed by atoms with van der Waals surface area (Å²) in [5, 5.41) is 0.